The summed E-state index contributed by atoms with van der Waals surface area (Å²) in [4.78, 5) is 0. The van der Waals surface area contributed by atoms with Crippen molar-refractivity contribution in [2.45, 2.75) is 39.3 Å². The molecule has 0 rings (SSSR count). The highest BCUT2D eigenvalue weighted by atomic mass is 28.4. The van der Waals surface area contributed by atoms with E-state index in [0.717, 1.165) is 0 Å². The third-order valence-corrected chi connectivity index (χ3v) is 2.83. The topological polar surface area (TPSA) is 18.5 Å². The SMILES string of the molecule is C=C(C=CO[Si](C)(C)C)O[Si](C)(C)C. The number of rotatable bonds is 5. The zero-order valence-electron chi connectivity index (χ0n) is 10.2. The summed E-state index contributed by atoms with van der Waals surface area (Å²) < 4.78 is 11.2. The van der Waals surface area contributed by atoms with E-state index in [1.807, 2.05) is 0 Å². The smallest absolute Gasteiger partial charge is 0.242 e. The third kappa shape index (κ3) is 9.60. The Morgan fingerprint density at radius 2 is 1.50 bits per heavy atom. The molecule has 0 aromatic carbocycles. The van der Waals surface area contributed by atoms with Crippen LogP contribution in [-0.2, 0) is 8.85 Å². The third-order valence-electron chi connectivity index (χ3n) is 1.11. The summed E-state index contributed by atoms with van der Waals surface area (Å²) in [6, 6.07) is 0. The van der Waals surface area contributed by atoms with Crippen LogP contribution in [0.25, 0.3) is 0 Å². The maximum absolute atomic E-state index is 5.65. The Bertz CT molecular complexity index is 221. The van der Waals surface area contributed by atoms with Gasteiger partial charge in [-0.1, -0.05) is 6.58 Å². The molecule has 0 heterocycles. The fraction of sp³-hybridized carbons (Fsp3) is 0.600. The van der Waals surface area contributed by atoms with Crippen molar-refractivity contribution in [3.8, 4) is 0 Å². The van der Waals surface area contributed by atoms with Crippen LogP contribution in [-0.4, -0.2) is 16.6 Å². The molecule has 0 aliphatic heterocycles. The first-order valence-corrected chi connectivity index (χ1v) is 11.6. The zero-order valence-corrected chi connectivity index (χ0v) is 12.2. The van der Waals surface area contributed by atoms with E-state index in [1.165, 1.54) is 0 Å². The second-order valence-electron chi connectivity index (χ2n) is 5.21. The predicted octanol–water partition coefficient (Wildman–Crippen LogP) is 3.72. The van der Waals surface area contributed by atoms with Gasteiger partial charge in [-0.05, 0) is 39.3 Å². The Morgan fingerprint density at radius 1 is 1.00 bits per heavy atom. The Morgan fingerprint density at radius 3 is 1.86 bits per heavy atom. The van der Waals surface area contributed by atoms with Gasteiger partial charge in [0, 0.05) is 6.08 Å². The first kappa shape index (κ1) is 13.5. The molecule has 0 saturated carbocycles. The molecule has 0 fully saturated rings. The van der Waals surface area contributed by atoms with Gasteiger partial charge in [0.1, 0.15) is 0 Å². The minimum absolute atomic E-state index is 0.697. The van der Waals surface area contributed by atoms with Crippen molar-refractivity contribution in [2.24, 2.45) is 0 Å². The molecule has 14 heavy (non-hydrogen) atoms. The lowest BCUT2D eigenvalue weighted by molar-refractivity contribution is 0.432. The largest absolute Gasteiger partial charge is 0.550 e. The van der Waals surface area contributed by atoms with Crippen LogP contribution in [0.5, 0.6) is 0 Å². The normalized spacial score (nSPS) is 13.0. The van der Waals surface area contributed by atoms with Gasteiger partial charge >= 0.3 is 0 Å². The van der Waals surface area contributed by atoms with Gasteiger partial charge in [-0.15, -0.1) is 0 Å². The Balaban J connectivity index is 3.96. The van der Waals surface area contributed by atoms with Crippen molar-refractivity contribution in [3.63, 3.8) is 0 Å². The lowest BCUT2D eigenvalue weighted by atomic mass is 10.5. The van der Waals surface area contributed by atoms with E-state index >= 15 is 0 Å². The quantitative estimate of drug-likeness (QED) is 0.407. The van der Waals surface area contributed by atoms with Crippen molar-refractivity contribution in [1.29, 1.82) is 0 Å². The van der Waals surface area contributed by atoms with Crippen LogP contribution in [0, 0.1) is 0 Å². The van der Waals surface area contributed by atoms with Crippen LogP contribution in [0.3, 0.4) is 0 Å². The van der Waals surface area contributed by atoms with Gasteiger partial charge in [0.25, 0.3) is 0 Å². The standard InChI is InChI=1S/C10H22O2Si2/c1-10(12-14(5,6)7)8-9-11-13(2,3)4/h8-9H,1H2,2-7H3. The molecule has 0 saturated heterocycles. The summed E-state index contributed by atoms with van der Waals surface area (Å²) in [5, 5.41) is 0. The van der Waals surface area contributed by atoms with Gasteiger partial charge in [-0.3, -0.25) is 0 Å². The average molecular weight is 230 g/mol. The fourth-order valence-electron chi connectivity index (χ4n) is 0.741. The molecule has 0 atom stereocenters. The summed E-state index contributed by atoms with van der Waals surface area (Å²) in [5.41, 5.74) is 0. The Kier molecular flexibility index (Phi) is 4.67. The van der Waals surface area contributed by atoms with Crippen LogP contribution in [0.1, 0.15) is 0 Å². The molecule has 0 aromatic heterocycles. The Hall–Kier alpha value is -0.486. The summed E-state index contributed by atoms with van der Waals surface area (Å²) in [6.07, 6.45) is 3.51. The average Bonchev–Trinajstić information content (AvgIpc) is 1.78. The molecule has 0 amide bonds. The highest BCUT2D eigenvalue weighted by Crippen LogP contribution is 2.10. The van der Waals surface area contributed by atoms with Crippen LogP contribution in [0.15, 0.2) is 24.7 Å². The summed E-state index contributed by atoms with van der Waals surface area (Å²) in [6.45, 7) is 16.6. The van der Waals surface area contributed by atoms with Crippen LogP contribution in [0.4, 0.5) is 0 Å². The highest BCUT2D eigenvalue weighted by Gasteiger charge is 2.16. The molecule has 0 bridgehead atoms. The minimum atomic E-state index is -1.51. The molecular formula is C10H22O2Si2. The van der Waals surface area contributed by atoms with Gasteiger partial charge in [-0.25, -0.2) is 0 Å². The van der Waals surface area contributed by atoms with Gasteiger partial charge in [0.05, 0.1) is 12.0 Å². The van der Waals surface area contributed by atoms with E-state index in [-0.39, 0.29) is 0 Å². The van der Waals surface area contributed by atoms with E-state index in [2.05, 4.69) is 45.9 Å². The second kappa shape index (κ2) is 4.84. The molecule has 0 unspecified atom stereocenters. The Labute approximate surface area is 89.9 Å². The fourth-order valence-corrected chi connectivity index (χ4v) is 2.07. The molecular weight excluding hydrogens is 208 g/mol. The molecule has 0 aliphatic carbocycles. The van der Waals surface area contributed by atoms with Crippen molar-refractivity contribution in [2.75, 3.05) is 0 Å². The van der Waals surface area contributed by atoms with E-state index < -0.39 is 16.6 Å². The van der Waals surface area contributed by atoms with Crippen molar-refractivity contribution >= 4 is 16.6 Å². The maximum atomic E-state index is 5.65. The molecule has 0 radical (unpaired) electrons. The van der Waals surface area contributed by atoms with Gasteiger partial charge in [0.2, 0.25) is 16.6 Å². The van der Waals surface area contributed by atoms with E-state index in [4.69, 9.17) is 8.85 Å². The van der Waals surface area contributed by atoms with Crippen LogP contribution in [0.2, 0.25) is 39.3 Å². The van der Waals surface area contributed by atoms with Crippen LogP contribution >= 0.6 is 0 Å². The first-order chi connectivity index (χ1) is 6.10. The predicted molar refractivity (Wildman–Crippen MR) is 67.1 cm³/mol. The second-order valence-corrected chi connectivity index (χ2v) is 14.1. The summed E-state index contributed by atoms with van der Waals surface area (Å²) in [7, 11) is -2.97. The first-order valence-electron chi connectivity index (χ1n) is 4.82. The molecule has 2 nitrogen and oxygen atoms in total. The molecule has 82 valence electrons. The lowest BCUT2D eigenvalue weighted by Crippen LogP contribution is -2.24. The molecule has 0 aliphatic rings. The zero-order chi connectivity index (χ0) is 11.4. The van der Waals surface area contributed by atoms with Gasteiger partial charge < -0.3 is 8.85 Å². The van der Waals surface area contributed by atoms with Gasteiger partial charge in [0.15, 0.2) is 0 Å². The number of allylic oxidation sites excluding steroid dienone is 1. The van der Waals surface area contributed by atoms with Crippen molar-refractivity contribution in [3.05, 3.63) is 24.7 Å². The number of hydrogen-bond acceptors (Lipinski definition) is 2. The van der Waals surface area contributed by atoms with E-state index in [9.17, 15) is 0 Å². The monoisotopic (exact) mass is 230 g/mol. The maximum Gasteiger partial charge on any atom is 0.242 e. The molecule has 0 N–H and O–H groups in total. The van der Waals surface area contributed by atoms with Gasteiger partial charge in [-0.2, -0.15) is 0 Å². The number of hydrogen-bond donors (Lipinski definition) is 0. The van der Waals surface area contributed by atoms with Crippen molar-refractivity contribution < 1.29 is 8.85 Å². The molecule has 0 spiro atoms. The van der Waals surface area contributed by atoms with Crippen LogP contribution < -0.4 is 0 Å². The summed E-state index contributed by atoms with van der Waals surface area (Å²) >= 11 is 0. The van der Waals surface area contributed by atoms with Crippen molar-refractivity contribution in [1.82, 2.24) is 0 Å². The van der Waals surface area contributed by atoms with E-state index in [0.29, 0.717) is 5.76 Å². The molecule has 0 aromatic rings. The summed E-state index contributed by atoms with van der Waals surface area (Å²) in [5.74, 6) is 0.697. The lowest BCUT2D eigenvalue weighted by Gasteiger charge is -2.19. The molecule has 4 heteroatoms. The minimum Gasteiger partial charge on any atom is -0.550 e. The van der Waals surface area contributed by atoms with E-state index in [1.54, 1.807) is 12.3 Å². The highest BCUT2D eigenvalue weighted by molar-refractivity contribution is 6.70.